The summed E-state index contributed by atoms with van der Waals surface area (Å²) in [5, 5.41) is 2.50. The molecule has 0 fully saturated rings. The monoisotopic (exact) mass is 376 g/mol. The van der Waals surface area contributed by atoms with Gasteiger partial charge in [-0.15, -0.1) is 0 Å². The molecule has 0 aromatic heterocycles. The lowest BCUT2D eigenvalue weighted by atomic mass is 10.0. The largest absolute Gasteiger partial charge is 0.489 e. The Morgan fingerprint density at radius 3 is 2.52 bits per heavy atom. The highest BCUT2D eigenvalue weighted by molar-refractivity contribution is 5.92. The molecular weight excluding hydrogens is 350 g/mol. The molecule has 0 bridgehead atoms. The molecule has 4 nitrogen and oxygen atoms in total. The Labute approximate surface area is 159 Å². The third kappa shape index (κ3) is 4.56. The maximum absolute atomic E-state index is 13.5. The second-order valence-corrected chi connectivity index (χ2v) is 6.45. The summed E-state index contributed by atoms with van der Waals surface area (Å²) in [7, 11) is 3.03. The van der Waals surface area contributed by atoms with E-state index in [1.807, 2.05) is 19.9 Å². The molecule has 0 unspecified atom stereocenters. The number of ether oxygens (including phenoxy) is 1. The average Bonchev–Trinajstić information content (AvgIpc) is 2.66. The van der Waals surface area contributed by atoms with Gasteiger partial charge in [-0.3, -0.25) is 4.90 Å². The smallest absolute Gasteiger partial charge is 0.321 e. The average molecular weight is 376 g/mol. The minimum absolute atomic E-state index is 0.0526. The summed E-state index contributed by atoms with van der Waals surface area (Å²) in [5.41, 5.74) is 3.84. The first-order valence-corrected chi connectivity index (χ1v) is 8.88. The molecule has 0 saturated heterocycles. The molecular formula is C21H26F2N2O2. The Kier molecular flexibility index (Phi) is 6.77. The molecule has 2 aromatic carbocycles. The standard InChI is InChI=1S/C21H26F2N2O2/c1-6-15-10-14(3)19(11-13(15)2)27-12-17-16(20(22)23)8-7-9-18(17)25(5)21(26)24-4/h7-11,20H,6,12H2,1-5H3,(H,24,26). The minimum atomic E-state index is -2.66. The molecule has 0 aliphatic rings. The van der Waals surface area contributed by atoms with Gasteiger partial charge in [0.15, 0.2) is 0 Å². The number of urea groups is 1. The normalized spacial score (nSPS) is 10.8. The van der Waals surface area contributed by atoms with E-state index in [2.05, 4.69) is 18.3 Å². The number of amides is 2. The molecule has 146 valence electrons. The molecule has 0 heterocycles. The van der Waals surface area contributed by atoms with Crippen LogP contribution in [0, 0.1) is 13.8 Å². The summed E-state index contributed by atoms with van der Waals surface area (Å²) in [6.07, 6.45) is -1.74. The zero-order valence-corrected chi connectivity index (χ0v) is 16.4. The molecule has 2 rings (SSSR count). The van der Waals surface area contributed by atoms with Crippen molar-refractivity contribution in [1.29, 1.82) is 0 Å². The highest BCUT2D eigenvalue weighted by Crippen LogP contribution is 2.32. The van der Waals surface area contributed by atoms with Crippen LogP contribution in [-0.2, 0) is 13.0 Å². The lowest BCUT2D eigenvalue weighted by Gasteiger charge is -2.23. The maximum atomic E-state index is 13.5. The Hall–Kier alpha value is -2.63. The zero-order valence-electron chi connectivity index (χ0n) is 16.4. The zero-order chi connectivity index (χ0) is 20.1. The quantitative estimate of drug-likeness (QED) is 0.757. The summed E-state index contributed by atoms with van der Waals surface area (Å²) in [6.45, 7) is 5.97. The fourth-order valence-electron chi connectivity index (χ4n) is 3.08. The molecule has 0 aliphatic heterocycles. The Morgan fingerprint density at radius 1 is 1.22 bits per heavy atom. The molecule has 1 N–H and O–H groups in total. The van der Waals surface area contributed by atoms with Crippen LogP contribution in [0.15, 0.2) is 30.3 Å². The summed E-state index contributed by atoms with van der Waals surface area (Å²) in [5.74, 6) is 0.655. The topological polar surface area (TPSA) is 41.6 Å². The van der Waals surface area contributed by atoms with Crippen LogP contribution in [0.2, 0.25) is 0 Å². The highest BCUT2D eigenvalue weighted by Gasteiger charge is 2.21. The van der Waals surface area contributed by atoms with Crippen LogP contribution in [0.1, 0.15) is 41.2 Å². The van der Waals surface area contributed by atoms with Crippen molar-refractivity contribution in [3.05, 3.63) is 58.1 Å². The van der Waals surface area contributed by atoms with E-state index in [-0.39, 0.29) is 18.2 Å². The van der Waals surface area contributed by atoms with Gasteiger partial charge in [0.05, 0.1) is 5.69 Å². The number of carbonyl (C=O) groups excluding carboxylic acids is 1. The number of alkyl halides is 2. The van der Waals surface area contributed by atoms with Gasteiger partial charge in [-0.2, -0.15) is 0 Å². The van der Waals surface area contributed by atoms with Gasteiger partial charge < -0.3 is 10.1 Å². The summed E-state index contributed by atoms with van der Waals surface area (Å²) >= 11 is 0. The molecule has 0 spiro atoms. The molecule has 0 radical (unpaired) electrons. The Balaban J connectivity index is 2.40. The van der Waals surface area contributed by atoms with Crippen molar-refractivity contribution in [3.63, 3.8) is 0 Å². The first kappa shape index (κ1) is 20.7. The SMILES string of the molecule is CCc1cc(C)c(OCc2c(C(F)F)cccc2N(C)C(=O)NC)cc1C. The van der Waals surface area contributed by atoms with E-state index >= 15 is 0 Å². The predicted molar refractivity (Wildman–Crippen MR) is 104 cm³/mol. The molecule has 0 aliphatic carbocycles. The van der Waals surface area contributed by atoms with Crippen LogP contribution >= 0.6 is 0 Å². The van der Waals surface area contributed by atoms with Crippen LogP contribution in [-0.4, -0.2) is 20.1 Å². The van der Waals surface area contributed by atoms with E-state index in [9.17, 15) is 13.6 Å². The van der Waals surface area contributed by atoms with Gasteiger partial charge in [-0.25, -0.2) is 13.6 Å². The summed E-state index contributed by atoms with van der Waals surface area (Å²) < 4.78 is 33.0. The Morgan fingerprint density at radius 2 is 1.93 bits per heavy atom. The van der Waals surface area contributed by atoms with Crippen LogP contribution < -0.4 is 15.0 Å². The number of carbonyl (C=O) groups is 1. The number of halogens is 2. The summed E-state index contributed by atoms with van der Waals surface area (Å²) in [4.78, 5) is 13.3. The van der Waals surface area contributed by atoms with E-state index in [0.717, 1.165) is 17.5 Å². The van der Waals surface area contributed by atoms with Gasteiger partial charge >= 0.3 is 6.03 Å². The number of hydrogen-bond acceptors (Lipinski definition) is 2. The van der Waals surface area contributed by atoms with E-state index in [1.54, 1.807) is 13.1 Å². The molecule has 0 saturated carbocycles. The van der Waals surface area contributed by atoms with Gasteiger partial charge in [0, 0.05) is 25.2 Å². The van der Waals surface area contributed by atoms with E-state index in [0.29, 0.717) is 17.0 Å². The van der Waals surface area contributed by atoms with Gasteiger partial charge in [0.25, 0.3) is 6.43 Å². The number of nitrogens with zero attached hydrogens (tertiary/aromatic N) is 1. The van der Waals surface area contributed by atoms with Crippen molar-refractivity contribution in [3.8, 4) is 5.75 Å². The van der Waals surface area contributed by atoms with Gasteiger partial charge in [-0.1, -0.05) is 25.1 Å². The first-order valence-electron chi connectivity index (χ1n) is 8.88. The third-order valence-electron chi connectivity index (χ3n) is 4.69. The molecule has 6 heteroatoms. The number of anilines is 1. The number of nitrogens with one attached hydrogen (secondary N) is 1. The van der Waals surface area contributed by atoms with Crippen molar-refractivity contribution in [1.82, 2.24) is 5.32 Å². The molecule has 2 amide bonds. The van der Waals surface area contributed by atoms with Crippen molar-refractivity contribution in [2.24, 2.45) is 0 Å². The predicted octanol–water partition coefficient (Wildman–Crippen LogP) is 5.16. The molecule has 27 heavy (non-hydrogen) atoms. The van der Waals surface area contributed by atoms with Crippen LogP contribution in [0.5, 0.6) is 5.75 Å². The number of hydrogen-bond donors (Lipinski definition) is 1. The fraction of sp³-hybridized carbons (Fsp3) is 0.381. The minimum Gasteiger partial charge on any atom is -0.489 e. The second-order valence-electron chi connectivity index (χ2n) is 6.45. The number of rotatable bonds is 6. The van der Waals surface area contributed by atoms with Crippen LogP contribution in [0.4, 0.5) is 19.3 Å². The first-order chi connectivity index (χ1) is 12.8. The van der Waals surface area contributed by atoms with Crippen molar-refractivity contribution in [2.75, 3.05) is 19.0 Å². The van der Waals surface area contributed by atoms with E-state index in [4.69, 9.17) is 4.74 Å². The Bertz CT molecular complexity index is 822. The lowest BCUT2D eigenvalue weighted by Crippen LogP contribution is -2.35. The molecule has 0 atom stereocenters. The lowest BCUT2D eigenvalue weighted by molar-refractivity contribution is 0.148. The van der Waals surface area contributed by atoms with Crippen molar-refractivity contribution >= 4 is 11.7 Å². The van der Waals surface area contributed by atoms with Crippen LogP contribution in [0.3, 0.4) is 0 Å². The second kappa shape index (κ2) is 8.84. The van der Waals surface area contributed by atoms with Gasteiger partial charge in [0.1, 0.15) is 12.4 Å². The van der Waals surface area contributed by atoms with Crippen LogP contribution in [0.25, 0.3) is 0 Å². The van der Waals surface area contributed by atoms with E-state index in [1.165, 1.54) is 29.6 Å². The number of benzene rings is 2. The summed E-state index contributed by atoms with van der Waals surface area (Å²) in [6, 6.07) is 8.12. The van der Waals surface area contributed by atoms with Gasteiger partial charge in [-0.05, 0) is 49.1 Å². The van der Waals surface area contributed by atoms with E-state index < -0.39 is 6.43 Å². The van der Waals surface area contributed by atoms with Gasteiger partial charge in [0.2, 0.25) is 0 Å². The molecule has 2 aromatic rings. The van der Waals surface area contributed by atoms with Crippen molar-refractivity contribution in [2.45, 2.75) is 40.2 Å². The maximum Gasteiger partial charge on any atom is 0.321 e. The van der Waals surface area contributed by atoms with Crippen molar-refractivity contribution < 1.29 is 18.3 Å². The fourth-order valence-corrected chi connectivity index (χ4v) is 3.08. The highest BCUT2D eigenvalue weighted by atomic mass is 19.3. The number of aryl methyl sites for hydroxylation is 3. The third-order valence-corrected chi connectivity index (χ3v) is 4.69.